The zero-order chi connectivity index (χ0) is 13.1. The minimum absolute atomic E-state index is 0.231. The van der Waals surface area contributed by atoms with Crippen LogP contribution in [0, 0.1) is 11.7 Å². The number of aryl methyl sites for hydroxylation is 1. The topological polar surface area (TPSA) is 29.9 Å². The second-order valence-corrected chi connectivity index (χ2v) is 5.07. The smallest absolute Gasteiger partial charge is 0.125 e. The van der Waals surface area contributed by atoms with Crippen molar-refractivity contribution < 1.29 is 4.39 Å². The number of nitrogens with one attached hydrogen (secondary N) is 1. The molecule has 0 bridgehead atoms. The standard InChI is InChI=1S/C14H20FN3/c1-10(2)9-16-7-6-14-17-12-8-11(15)4-5-13(12)18(14)3/h4-5,8,10,16H,6-7,9H2,1-3H3. The molecule has 1 heterocycles. The Morgan fingerprint density at radius 3 is 2.89 bits per heavy atom. The predicted molar refractivity (Wildman–Crippen MR) is 72.1 cm³/mol. The van der Waals surface area contributed by atoms with Crippen molar-refractivity contribution in [2.45, 2.75) is 20.3 Å². The van der Waals surface area contributed by atoms with E-state index >= 15 is 0 Å². The van der Waals surface area contributed by atoms with Crippen molar-refractivity contribution in [3.8, 4) is 0 Å². The fraction of sp³-hybridized carbons (Fsp3) is 0.500. The van der Waals surface area contributed by atoms with E-state index < -0.39 is 0 Å². The monoisotopic (exact) mass is 249 g/mol. The summed E-state index contributed by atoms with van der Waals surface area (Å²) in [7, 11) is 1.98. The normalized spacial score (nSPS) is 11.6. The summed E-state index contributed by atoms with van der Waals surface area (Å²) in [6.45, 7) is 6.28. The number of hydrogen-bond acceptors (Lipinski definition) is 2. The number of hydrogen-bond donors (Lipinski definition) is 1. The van der Waals surface area contributed by atoms with Gasteiger partial charge in [-0.1, -0.05) is 13.8 Å². The summed E-state index contributed by atoms with van der Waals surface area (Å²) < 4.78 is 15.1. The average molecular weight is 249 g/mol. The largest absolute Gasteiger partial charge is 0.331 e. The summed E-state index contributed by atoms with van der Waals surface area (Å²) >= 11 is 0. The Balaban J connectivity index is 2.07. The van der Waals surface area contributed by atoms with Gasteiger partial charge in [0.2, 0.25) is 0 Å². The van der Waals surface area contributed by atoms with Crippen LogP contribution < -0.4 is 5.32 Å². The first kappa shape index (κ1) is 13.0. The number of halogens is 1. The van der Waals surface area contributed by atoms with E-state index in [1.165, 1.54) is 12.1 Å². The number of aromatic nitrogens is 2. The van der Waals surface area contributed by atoms with E-state index in [9.17, 15) is 4.39 Å². The zero-order valence-electron chi connectivity index (χ0n) is 11.2. The van der Waals surface area contributed by atoms with E-state index in [1.54, 1.807) is 6.07 Å². The lowest BCUT2D eigenvalue weighted by molar-refractivity contribution is 0.548. The highest BCUT2D eigenvalue weighted by atomic mass is 19.1. The van der Waals surface area contributed by atoms with E-state index in [2.05, 4.69) is 24.1 Å². The molecule has 98 valence electrons. The van der Waals surface area contributed by atoms with Crippen LogP contribution in [0.4, 0.5) is 4.39 Å². The molecule has 0 saturated carbocycles. The Morgan fingerprint density at radius 2 is 2.17 bits per heavy atom. The van der Waals surface area contributed by atoms with Crippen LogP contribution in [0.2, 0.25) is 0 Å². The molecule has 1 aromatic heterocycles. The van der Waals surface area contributed by atoms with E-state index in [0.717, 1.165) is 36.4 Å². The zero-order valence-corrected chi connectivity index (χ0v) is 11.2. The summed E-state index contributed by atoms with van der Waals surface area (Å²) in [5.41, 5.74) is 1.71. The first-order chi connectivity index (χ1) is 8.58. The molecule has 4 heteroatoms. The molecule has 0 radical (unpaired) electrons. The van der Waals surface area contributed by atoms with Crippen molar-refractivity contribution >= 4 is 11.0 Å². The van der Waals surface area contributed by atoms with Gasteiger partial charge in [-0.25, -0.2) is 9.37 Å². The van der Waals surface area contributed by atoms with Gasteiger partial charge in [0.15, 0.2) is 0 Å². The van der Waals surface area contributed by atoms with Crippen LogP contribution in [-0.4, -0.2) is 22.6 Å². The number of rotatable bonds is 5. The third-order valence-electron chi connectivity index (χ3n) is 3.01. The van der Waals surface area contributed by atoms with E-state index in [0.29, 0.717) is 5.92 Å². The molecule has 0 aliphatic carbocycles. The van der Waals surface area contributed by atoms with E-state index in [1.807, 2.05) is 11.6 Å². The molecule has 18 heavy (non-hydrogen) atoms. The Kier molecular flexibility index (Phi) is 3.97. The molecular weight excluding hydrogens is 229 g/mol. The van der Waals surface area contributed by atoms with E-state index in [-0.39, 0.29) is 5.82 Å². The van der Waals surface area contributed by atoms with Gasteiger partial charge in [0.05, 0.1) is 11.0 Å². The molecule has 2 aromatic rings. The van der Waals surface area contributed by atoms with Crippen molar-refractivity contribution in [3.05, 3.63) is 29.8 Å². The van der Waals surface area contributed by atoms with Gasteiger partial charge in [0.1, 0.15) is 11.6 Å². The lowest BCUT2D eigenvalue weighted by atomic mass is 10.2. The van der Waals surface area contributed by atoms with Crippen molar-refractivity contribution in [2.24, 2.45) is 13.0 Å². The number of benzene rings is 1. The number of nitrogens with zero attached hydrogens (tertiary/aromatic N) is 2. The summed E-state index contributed by atoms with van der Waals surface area (Å²) in [4.78, 5) is 4.47. The Hall–Kier alpha value is -1.42. The number of imidazole rings is 1. The van der Waals surface area contributed by atoms with Gasteiger partial charge < -0.3 is 9.88 Å². The highest BCUT2D eigenvalue weighted by Gasteiger charge is 2.08. The van der Waals surface area contributed by atoms with Gasteiger partial charge in [0, 0.05) is 26.1 Å². The van der Waals surface area contributed by atoms with E-state index in [4.69, 9.17) is 0 Å². The molecule has 0 unspecified atom stereocenters. The highest BCUT2D eigenvalue weighted by molar-refractivity contribution is 5.75. The van der Waals surface area contributed by atoms with Crippen LogP contribution in [0.5, 0.6) is 0 Å². The van der Waals surface area contributed by atoms with Gasteiger partial charge in [-0.3, -0.25) is 0 Å². The van der Waals surface area contributed by atoms with Crippen LogP contribution in [0.25, 0.3) is 11.0 Å². The second kappa shape index (κ2) is 5.48. The van der Waals surface area contributed by atoms with Crippen LogP contribution in [0.15, 0.2) is 18.2 Å². The Labute approximate surface area is 107 Å². The maximum Gasteiger partial charge on any atom is 0.125 e. The van der Waals surface area contributed by atoms with Crippen molar-refractivity contribution in [2.75, 3.05) is 13.1 Å². The SMILES string of the molecule is CC(C)CNCCc1nc2cc(F)ccc2n1C. The van der Waals surface area contributed by atoms with Crippen LogP contribution in [0.3, 0.4) is 0 Å². The molecule has 0 aliphatic heterocycles. The molecule has 0 fully saturated rings. The van der Waals surface area contributed by atoms with Crippen molar-refractivity contribution in [1.29, 1.82) is 0 Å². The molecule has 3 nitrogen and oxygen atoms in total. The molecule has 0 aliphatic rings. The van der Waals surface area contributed by atoms with Gasteiger partial charge in [-0.2, -0.15) is 0 Å². The minimum Gasteiger partial charge on any atom is -0.331 e. The molecule has 0 amide bonds. The second-order valence-electron chi connectivity index (χ2n) is 5.07. The third kappa shape index (κ3) is 2.88. The lowest BCUT2D eigenvalue weighted by Crippen LogP contribution is -2.23. The Bertz CT molecular complexity index is 531. The lowest BCUT2D eigenvalue weighted by Gasteiger charge is -2.07. The van der Waals surface area contributed by atoms with Gasteiger partial charge in [-0.15, -0.1) is 0 Å². The highest BCUT2D eigenvalue weighted by Crippen LogP contribution is 2.16. The average Bonchev–Trinajstić information content (AvgIpc) is 2.61. The molecule has 0 atom stereocenters. The van der Waals surface area contributed by atoms with Crippen LogP contribution in [-0.2, 0) is 13.5 Å². The minimum atomic E-state index is -0.231. The quantitative estimate of drug-likeness (QED) is 0.825. The summed E-state index contributed by atoms with van der Waals surface area (Å²) in [5, 5.41) is 3.39. The van der Waals surface area contributed by atoms with Crippen LogP contribution in [0.1, 0.15) is 19.7 Å². The predicted octanol–water partition coefficient (Wildman–Crippen LogP) is 2.50. The molecular formula is C14H20FN3. The molecule has 0 spiro atoms. The summed E-state index contributed by atoms with van der Waals surface area (Å²) in [6.07, 6.45) is 0.861. The molecule has 2 rings (SSSR count). The summed E-state index contributed by atoms with van der Waals surface area (Å²) in [6, 6.07) is 4.74. The first-order valence-electron chi connectivity index (χ1n) is 6.39. The van der Waals surface area contributed by atoms with Crippen molar-refractivity contribution in [1.82, 2.24) is 14.9 Å². The maximum atomic E-state index is 13.1. The van der Waals surface area contributed by atoms with Gasteiger partial charge in [0.25, 0.3) is 0 Å². The first-order valence-corrected chi connectivity index (χ1v) is 6.39. The maximum absolute atomic E-state index is 13.1. The van der Waals surface area contributed by atoms with Gasteiger partial charge in [-0.05, 0) is 24.6 Å². The van der Waals surface area contributed by atoms with Crippen molar-refractivity contribution in [3.63, 3.8) is 0 Å². The fourth-order valence-corrected chi connectivity index (χ4v) is 2.04. The third-order valence-corrected chi connectivity index (χ3v) is 3.01. The molecule has 1 N–H and O–H groups in total. The van der Waals surface area contributed by atoms with Gasteiger partial charge >= 0.3 is 0 Å². The fourth-order valence-electron chi connectivity index (χ4n) is 2.04. The Morgan fingerprint density at radius 1 is 1.39 bits per heavy atom. The molecule has 0 saturated heterocycles. The summed E-state index contributed by atoms with van der Waals surface area (Å²) in [5.74, 6) is 1.41. The van der Waals surface area contributed by atoms with Crippen LogP contribution >= 0.6 is 0 Å². The molecule has 1 aromatic carbocycles. The number of fused-ring (bicyclic) bond motifs is 1.